The van der Waals surface area contributed by atoms with E-state index in [0.717, 1.165) is 23.0 Å². The predicted octanol–water partition coefficient (Wildman–Crippen LogP) is 3.69. The summed E-state index contributed by atoms with van der Waals surface area (Å²) in [5.41, 5.74) is 1.59. The van der Waals surface area contributed by atoms with Crippen LogP contribution in [0.4, 0.5) is 5.69 Å². The van der Waals surface area contributed by atoms with E-state index in [1.165, 1.54) is 0 Å². The third kappa shape index (κ3) is 3.24. The number of nitrogens with one attached hydrogen (secondary N) is 1. The van der Waals surface area contributed by atoms with E-state index < -0.39 is 0 Å². The van der Waals surface area contributed by atoms with E-state index in [-0.39, 0.29) is 12.2 Å². The third-order valence-corrected chi connectivity index (χ3v) is 3.65. The Morgan fingerprint density at radius 2 is 2.00 bits per heavy atom. The zero-order valence-corrected chi connectivity index (χ0v) is 12.2. The standard InChI is InChI=1S/C14H17BrN2O/c1-9-5-13(6-10(2)18-9)17-14-4-3-12(15)7-11(14)8-16/h3-4,7,9-10,13,17H,5-6H2,1-2H3. The topological polar surface area (TPSA) is 45.0 Å². The van der Waals surface area contributed by atoms with Crippen molar-refractivity contribution in [2.24, 2.45) is 0 Å². The molecule has 1 aromatic rings. The Balaban J connectivity index is 2.12. The molecule has 0 spiro atoms. The maximum Gasteiger partial charge on any atom is 0.101 e. The van der Waals surface area contributed by atoms with Crippen molar-refractivity contribution in [2.45, 2.75) is 44.9 Å². The lowest BCUT2D eigenvalue weighted by atomic mass is 9.99. The highest BCUT2D eigenvalue weighted by atomic mass is 79.9. The number of nitriles is 1. The molecule has 1 N–H and O–H groups in total. The predicted molar refractivity (Wildman–Crippen MR) is 75.5 cm³/mol. The van der Waals surface area contributed by atoms with Gasteiger partial charge in [0.25, 0.3) is 0 Å². The minimum Gasteiger partial charge on any atom is -0.381 e. The lowest BCUT2D eigenvalue weighted by molar-refractivity contribution is -0.0337. The van der Waals surface area contributed by atoms with Gasteiger partial charge in [-0.05, 0) is 44.9 Å². The summed E-state index contributed by atoms with van der Waals surface area (Å²) < 4.78 is 6.65. The summed E-state index contributed by atoms with van der Waals surface area (Å²) in [6.45, 7) is 4.19. The number of rotatable bonds is 2. The molecule has 18 heavy (non-hydrogen) atoms. The molecule has 1 fully saturated rings. The van der Waals surface area contributed by atoms with Gasteiger partial charge in [-0.15, -0.1) is 0 Å². The largest absolute Gasteiger partial charge is 0.381 e. The van der Waals surface area contributed by atoms with Gasteiger partial charge in [0.05, 0.1) is 23.5 Å². The van der Waals surface area contributed by atoms with E-state index >= 15 is 0 Å². The van der Waals surface area contributed by atoms with Crippen LogP contribution in [0.3, 0.4) is 0 Å². The van der Waals surface area contributed by atoms with Crippen LogP contribution < -0.4 is 5.32 Å². The Kier molecular flexibility index (Phi) is 4.26. The SMILES string of the molecule is CC1CC(Nc2ccc(Br)cc2C#N)CC(C)O1. The summed E-state index contributed by atoms with van der Waals surface area (Å²) in [6.07, 6.45) is 2.50. The average Bonchev–Trinajstić information content (AvgIpc) is 2.30. The highest BCUT2D eigenvalue weighted by Crippen LogP contribution is 2.26. The second kappa shape index (κ2) is 5.73. The maximum absolute atomic E-state index is 9.14. The molecular weight excluding hydrogens is 292 g/mol. The second-order valence-corrected chi connectivity index (χ2v) is 5.79. The van der Waals surface area contributed by atoms with E-state index in [1.807, 2.05) is 18.2 Å². The summed E-state index contributed by atoms with van der Waals surface area (Å²) in [5, 5.41) is 12.6. The first-order chi connectivity index (χ1) is 8.58. The molecule has 1 aliphatic rings. The molecule has 0 radical (unpaired) electrons. The molecule has 0 bridgehead atoms. The van der Waals surface area contributed by atoms with Gasteiger partial charge >= 0.3 is 0 Å². The molecule has 96 valence electrons. The third-order valence-electron chi connectivity index (χ3n) is 3.16. The van der Waals surface area contributed by atoms with Crippen LogP contribution in [0.25, 0.3) is 0 Å². The van der Waals surface area contributed by atoms with Gasteiger partial charge in [0, 0.05) is 10.5 Å². The molecule has 1 aliphatic heterocycles. The summed E-state index contributed by atoms with van der Waals surface area (Å²) >= 11 is 3.38. The van der Waals surface area contributed by atoms with E-state index in [1.54, 1.807) is 0 Å². The van der Waals surface area contributed by atoms with Gasteiger partial charge in [-0.2, -0.15) is 5.26 Å². The Morgan fingerprint density at radius 1 is 1.33 bits per heavy atom. The zero-order chi connectivity index (χ0) is 13.1. The molecule has 0 saturated carbocycles. The Labute approximate surface area is 116 Å². The fourth-order valence-corrected chi connectivity index (χ4v) is 2.84. The van der Waals surface area contributed by atoms with Crippen LogP contribution in [0, 0.1) is 11.3 Å². The van der Waals surface area contributed by atoms with Crippen LogP contribution in [-0.4, -0.2) is 18.2 Å². The van der Waals surface area contributed by atoms with Gasteiger partial charge in [0.1, 0.15) is 6.07 Å². The second-order valence-electron chi connectivity index (χ2n) is 4.87. The van der Waals surface area contributed by atoms with Crippen molar-refractivity contribution in [3.05, 3.63) is 28.2 Å². The Morgan fingerprint density at radius 3 is 2.61 bits per heavy atom. The molecule has 2 rings (SSSR count). The number of benzene rings is 1. The smallest absolute Gasteiger partial charge is 0.101 e. The van der Waals surface area contributed by atoms with Crippen molar-refractivity contribution in [3.63, 3.8) is 0 Å². The Bertz CT molecular complexity index is 459. The molecule has 2 unspecified atom stereocenters. The molecule has 0 amide bonds. The Hall–Kier alpha value is -1.05. The number of halogens is 1. The average molecular weight is 309 g/mol. The number of anilines is 1. The van der Waals surface area contributed by atoms with Gasteiger partial charge in [-0.3, -0.25) is 0 Å². The van der Waals surface area contributed by atoms with E-state index in [2.05, 4.69) is 41.2 Å². The van der Waals surface area contributed by atoms with Gasteiger partial charge in [-0.1, -0.05) is 15.9 Å². The summed E-state index contributed by atoms with van der Waals surface area (Å²) in [6, 6.07) is 8.34. The zero-order valence-electron chi connectivity index (χ0n) is 10.6. The van der Waals surface area contributed by atoms with Crippen molar-refractivity contribution in [3.8, 4) is 6.07 Å². The number of hydrogen-bond donors (Lipinski definition) is 1. The lowest BCUT2D eigenvalue weighted by Gasteiger charge is -2.33. The molecule has 0 aliphatic carbocycles. The van der Waals surface area contributed by atoms with Gasteiger partial charge in [0.2, 0.25) is 0 Å². The molecule has 1 aromatic carbocycles. The fourth-order valence-electron chi connectivity index (χ4n) is 2.48. The normalized spacial score (nSPS) is 27.6. The molecular formula is C14H17BrN2O. The highest BCUT2D eigenvalue weighted by molar-refractivity contribution is 9.10. The van der Waals surface area contributed by atoms with E-state index in [4.69, 9.17) is 10.00 Å². The van der Waals surface area contributed by atoms with Crippen LogP contribution >= 0.6 is 15.9 Å². The molecule has 3 nitrogen and oxygen atoms in total. The van der Waals surface area contributed by atoms with Gasteiger partial charge in [-0.25, -0.2) is 0 Å². The van der Waals surface area contributed by atoms with Crippen molar-refractivity contribution < 1.29 is 4.74 Å². The maximum atomic E-state index is 9.14. The summed E-state index contributed by atoms with van der Waals surface area (Å²) in [4.78, 5) is 0. The monoisotopic (exact) mass is 308 g/mol. The number of ether oxygens (including phenoxy) is 1. The van der Waals surface area contributed by atoms with E-state index in [0.29, 0.717) is 11.6 Å². The van der Waals surface area contributed by atoms with Crippen LogP contribution in [0.2, 0.25) is 0 Å². The molecule has 1 heterocycles. The lowest BCUT2D eigenvalue weighted by Crippen LogP contribution is -2.37. The first-order valence-electron chi connectivity index (χ1n) is 6.20. The quantitative estimate of drug-likeness (QED) is 0.906. The molecule has 0 aromatic heterocycles. The minimum absolute atomic E-state index is 0.271. The van der Waals surface area contributed by atoms with Crippen LogP contribution in [0.5, 0.6) is 0 Å². The molecule has 1 saturated heterocycles. The number of hydrogen-bond acceptors (Lipinski definition) is 3. The minimum atomic E-state index is 0.271. The fraction of sp³-hybridized carbons (Fsp3) is 0.500. The van der Waals surface area contributed by atoms with Crippen molar-refractivity contribution in [1.82, 2.24) is 0 Å². The van der Waals surface area contributed by atoms with Crippen molar-refractivity contribution in [1.29, 1.82) is 5.26 Å². The summed E-state index contributed by atoms with van der Waals surface area (Å²) in [7, 11) is 0. The van der Waals surface area contributed by atoms with Gasteiger partial charge in [0.15, 0.2) is 0 Å². The first-order valence-corrected chi connectivity index (χ1v) is 6.99. The van der Waals surface area contributed by atoms with Crippen molar-refractivity contribution in [2.75, 3.05) is 5.32 Å². The highest BCUT2D eigenvalue weighted by Gasteiger charge is 2.24. The van der Waals surface area contributed by atoms with E-state index in [9.17, 15) is 0 Å². The summed E-state index contributed by atoms with van der Waals surface area (Å²) in [5.74, 6) is 0. The first kappa shape index (κ1) is 13.4. The number of nitrogens with zero attached hydrogens (tertiary/aromatic N) is 1. The van der Waals surface area contributed by atoms with Crippen LogP contribution in [0.15, 0.2) is 22.7 Å². The van der Waals surface area contributed by atoms with Gasteiger partial charge < -0.3 is 10.1 Å². The van der Waals surface area contributed by atoms with Crippen LogP contribution in [0.1, 0.15) is 32.3 Å². The molecule has 4 heteroatoms. The van der Waals surface area contributed by atoms with Crippen LogP contribution in [-0.2, 0) is 4.74 Å². The van der Waals surface area contributed by atoms with Crippen molar-refractivity contribution >= 4 is 21.6 Å². The molecule has 2 atom stereocenters.